The summed E-state index contributed by atoms with van der Waals surface area (Å²) in [5, 5.41) is -0.846. The standard InChI is InChI=1S/C26H29Br2NO5S/c1-18(26(34-4)24-14-9-21(27)15-25(24)28)35(30,31)29(16-19-5-10-22(32-2)11-6-19)17-20-7-12-23(33-3)13-8-20/h5-15,18,26H,16-17H2,1-4H3/t18-,26-/m1/s1. The van der Waals surface area contributed by atoms with Crippen LogP contribution in [-0.2, 0) is 27.8 Å². The number of hydrogen-bond acceptors (Lipinski definition) is 5. The molecule has 9 heteroatoms. The summed E-state index contributed by atoms with van der Waals surface area (Å²) in [7, 11) is 0.927. The van der Waals surface area contributed by atoms with Crippen LogP contribution in [0.5, 0.6) is 11.5 Å². The van der Waals surface area contributed by atoms with Gasteiger partial charge in [-0.15, -0.1) is 0 Å². The fraction of sp³-hybridized carbons (Fsp3) is 0.308. The van der Waals surface area contributed by atoms with Crippen LogP contribution in [0, 0.1) is 0 Å². The van der Waals surface area contributed by atoms with Crippen LogP contribution in [0.1, 0.15) is 29.7 Å². The van der Waals surface area contributed by atoms with Gasteiger partial charge in [0.25, 0.3) is 0 Å². The van der Waals surface area contributed by atoms with Crippen molar-refractivity contribution in [2.45, 2.75) is 31.4 Å². The molecule has 0 saturated carbocycles. The van der Waals surface area contributed by atoms with E-state index in [9.17, 15) is 8.42 Å². The van der Waals surface area contributed by atoms with Crippen molar-refractivity contribution < 1.29 is 22.6 Å². The number of ether oxygens (including phenoxy) is 3. The van der Waals surface area contributed by atoms with Crippen molar-refractivity contribution in [3.8, 4) is 11.5 Å². The second-order valence-corrected chi connectivity index (χ2v) is 12.1. The van der Waals surface area contributed by atoms with Crippen LogP contribution in [0.15, 0.2) is 75.7 Å². The largest absolute Gasteiger partial charge is 0.497 e. The number of halogens is 2. The fourth-order valence-electron chi connectivity index (χ4n) is 3.80. The molecule has 0 spiro atoms. The smallest absolute Gasteiger partial charge is 0.220 e. The van der Waals surface area contributed by atoms with Gasteiger partial charge >= 0.3 is 0 Å². The predicted octanol–water partition coefficient (Wildman–Crippen LogP) is 6.34. The molecule has 0 heterocycles. The Kier molecular flexibility index (Phi) is 9.77. The molecule has 0 N–H and O–H groups in total. The summed E-state index contributed by atoms with van der Waals surface area (Å²) in [5.41, 5.74) is 2.48. The van der Waals surface area contributed by atoms with Gasteiger partial charge < -0.3 is 14.2 Å². The quantitative estimate of drug-likeness (QED) is 0.249. The highest BCUT2D eigenvalue weighted by Crippen LogP contribution is 2.35. The first kappa shape index (κ1) is 27.7. The zero-order chi connectivity index (χ0) is 25.6. The number of methoxy groups -OCH3 is 3. The van der Waals surface area contributed by atoms with Crippen molar-refractivity contribution in [1.29, 1.82) is 0 Å². The van der Waals surface area contributed by atoms with Crippen molar-refractivity contribution in [1.82, 2.24) is 4.31 Å². The normalized spacial score (nSPS) is 13.5. The van der Waals surface area contributed by atoms with Gasteiger partial charge in [0.2, 0.25) is 10.0 Å². The Morgan fingerprint density at radius 3 is 1.69 bits per heavy atom. The Morgan fingerprint density at radius 2 is 1.29 bits per heavy atom. The highest BCUT2D eigenvalue weighted by Gasteiger charge is 2.36. The van der Waals surface area contributed by atoms with Crippen LogP contribution in [0.3, 0.4) is 0 Å². The van der Waals surface area contributed by atoms with Gasteiger partial charge in [0, 0.05) is 29.1 Å². The zero-order valence-electron chi connectivity index (χ0n) is 20.1. The topological polar surface area (TPSA) is 65.1 Å². The molecule has 0 aliphatic heterocycles. The minimum Gasteiger partial charge on any atom is -0.497 e. The van der Waals surface area contributed by atoms with Crippen molar-refractivity contribution >= 4 is 41.9 Å². The molecule has 188 valence electrons. The Hall–Kier alpha value is -1.91. The lowest BCUT2D eigenvalue weighted by Gasteiger charge is -2.30. The average Bonchev–Trinajstić information content (AvgIpc) is 2.86. The molecule has 0 aromatic heterocycles. The Balaban J connectivity index is 1.97. The third-order valence-electron chi connectivity index (χ3n) is 5.81. The van der Waals surface area contributed by atoms with Gasteiger partial charge in [-0.1, -0.05) is 62.2 Å². The van der Waals surface area contributed by atoms with Crippen molar-refractivity contribution in [3.05, 3.63) is 92.4 Å². The summed E-state index contributed by atoms with van der Waals surface area (Å²) >= 11 is 7.00. The van der Waals surface area contributed by atoms with Gasteiger partial charge in [-0.25, -0.2) is 8.42 Å². The van der Waals surface area contributed by atoms with E-state index in [1.165, 1.54) is 11.4 Å². The number of nitrogens with zero attached hydrogens (tertiary/aromatic N) is 1. The van der Waals surface area contributed by atoms with Crippen molar-refractivity contribution in [2.75, 3.05) is 21.3 Å². The first-order valence-electron chi connectivity index (χ1n) is 10.9. The molecule has 3 rings (SSSR count). The van der Waals surface area contributed by atoms with E-state index in [0.29, 0.717) is 11.5 Å². The fourth-order valence-corrected chi connectivity index (χ4v) is 6.77. The summed E-state index contributed by atoms with van der Waals surface area (Å²) in [5.74, 6) is 1.43. The first-order chi connectivity index (χ1) is 16.7. The van der Waals surface area contributed by atoms with Crippen LogP contribution in [-0.4, -0.2) is 39.3 Å². The van der Waals surface area contributed by atoms with Crippen LogP contribution in [0.25, 0.3) is 0 Å². The summed E-state index contributed by atoms with van der Waals surface area (Å²) in [6.45, 7) is 2.11. The number of rotatable bonds is 11. The van der Waals surface area contributed by atoms with E-state index < -0.39 is 21.4 Å². The van der Waals surface area contributed by atoms with Crippen LogP contribution in [0.2, 0.25) is 0 Å². The lowest BCUT2D eigenvalue weighted by Crippen LogP contribution is -2.40. The second-order valence-electron chi connectivity index (χ2n) is 8.04. The lowest BCUT2D eigenvalue weighted by atomic mass is 10.1. The molecule has 0 aliphatic carbocycles. The third kappa shape index (κ3) is 6.86. The Bertz CT molecular complexity index is 1170. The number of sulfonamides is 1. The van der Waals surface area contributed by atoms with Crippen LogP contribution < -0.4 is 9.47 Å². The average molecular weight is 627 g/mol. The van der Waals surface area contributed by atoms with Crippen molar-refractivity contribution in [3.63, 3.8) is 0 Å². The van der Waals surface area contributed by atoms with Gasteiger partial charge in [-0.05, 0) is 60.0 Å². The van der Waals surface area contributed by atoms with E-state index in [4.69, 9.17) is 14.2 Å². The SMILES string of the molecule is COc1ccc(CN(Cc2ccc(OC)cc2)S(=O)(=O)[C@H](C)[C@@H](OC)c2ccc(Br)cc2Br)cc1. The number of hydrogen-bond donors (Lipinski definition) is 0. The minimum absolute atomic E-state index is 0.209. The summed E-state index contributed by atoms with van der Waals surface area (Å²) in [6, 6.07) is 20.4. The summed E-state index contributed by atoms with van der Waals surface area (Å²) in [4.78, 5) is 0. The monoisotopic (exact) mass is 625 g/mol. The van der Waals surface area contributed by atoms with Gasteiger partial charge in [-0.3, -0.25) is 0 Å². The molecular formula is C26H29Br2NO5S. The van der Waals surface area contributed by atoms with Gasteiger partial charge in [0.05, 0.1) is 14.2 Å². The molecule has 6 nitrogen and oxygen atoms in total. The first-order valence-corrected chi connectivity index (χ1v) is 14.0. The molecule has 3 aromatic carbocycles. The highest BCUT2D eigenvalue weighted by molar-refractivity contribution is 9.11. The van der Waals surface area contributed by atoms with Gasteiger partial charge in [-0.2, -0.15) is 4.31 Å². The highest BCUT2D eigenvalue weighted by atomic mass is 79.9. The molecule has 3 aromatic rings. The molecule has 0 saturated heterocycles. The maximum atomic E-state index is 14.0. The summed E-state index contributed by atoms with van der Waals surface area (Å²) in [6.07, 6.45) is -0.670. The van der Waals surface area contributed by atoms with Gasteiger partial charge in [0.15, 0.2) is 0 Å². The van der Waals surface area contributed by atoms with E-state index in [1.54, 1.807) is 21.1 Å². The van der Waals surface area contributed by atoms with Gasteiger partial charge in [0.1, 0.15) is 22.9 Å². The molecule has 2 atom stereocenters. The second kappa shape index (κ2) is 12.4. The molecule has 0 fully saturated rings. The molecule has 35 heavy (non-hydrogen) atoms. The van der Waals surface area contributed by atoms with E-state index in [1.807, 2.05) is 66.7 Å². The zero-order valence-corrected chi connectivity index (χ0v) is 24.1. The van der Waals surface area contributed by atoms with Crippen molar-refractivity contribution in [2.24, 2.45) is 0 Å². The van der Waals surface area contributed by atoms with E-state index in [2.05, 4.69) is 31.9 Å². The molecule has 0 unspecified atom stereocenters. The maximum absolute atomic E-state index is 14.0. The molecule has 0 bridgehead atoms. The summed E-state index contributed by atoms with van der Waals surface area (Å²) < 4.78 is 47.4. The van der Waals surface area contributed by atoms with E-state index in [-0.39, 0.29) is 13.1 Å². The molecule has 0 aliphatic rings. The third-order valence-corrected chi connectivity index (χ3v) is 9.16. The molecule has 0 radical (unpaired) electrons. The molecular weight excluding hydrogens is 598 g/mol. The number of benzene rings is 3. The van der Waals surface area contributed by atoms with Crippen LogP contribution >= 0.6 is 31.9 Å². The predicted molar refractivity (Wildman–Crippen MR) is 145 cm³/mol. The maximum Gasteiger partial charge on any atom is 0.220 e. The van der Waals surface area contributed by atoms with E-state index >= 15 is 0 Å². The Morgan fingerprint density at radius 1 is 0.800 bits per heavy atom. The molecule has 0 amide bonds. The lowest BCUT2D eigenvalue weighted by molar-refractivity contribution is 0.0998. The minimum atomic E-state index is -3.80. The Labute approximate surface area is 224 Å². The van der Waals surface area contributed by atoms with Crippen LogP contribution in [0.4, 0.5) is 0 Å². The van der Waals surface area contributed by atoms with E-state index in [0.717, 1.165) is 25.6 Å².